The first kappa shape index (κ1) is 10.3. The quantitative estimate of drug-likeness (QED) is 0.704. The summed E-state index contributed by atoms with van der Waals surface area (Å²) in [4.78, 5) is 7.92. The molecule has 0 aliphatic carbocycles. The lowest BCUT2D eigenvalue weighted by atomic mass is 10.2. The number of nitrogens with zero attached hydrogens (tertiary/aromatic N) is 2. The SMILES string of the molecule is CCc1c(Cl)ncnc1OC(C)C. The van der Waals surface area contributed by atoms with E-state index in [4.69, 9.17) is 16.3 Å². The van der Waals surface area contributed by atoms with Gasteiger partial charge in [0, 0.05) is 0 Å². The third-order valence-electron chi connectivity index (χ3n) is 1.55. The van der Waals surface area contributed by atoms with E-state index in [0.717, 1.165) is 12.0 Å². The molecule has 1 rings (SSSR count). The van der Waals surface area contributed by atoms with Crippen LogP contribution in [0.25, 0.3) is 0 Å². The first-order valence-corrected chi connectivity index (χ1v) is 4.69. The van der Waals surface area contributed by atoms with Crippen molar-refractivity contribution in [1.29, 1.82) is 0 Å². The van der Waals surface area contributed by atoms with Crippen molar-refractivity contribution in [2.75, 3.05) is 0 Å². The van der Waals surface area contributed by atoms with Crippen molar-refractivity contribution in [3.8, 4) is 5.88 Å². The van der Waals surface area contributed by atoms with Gasteiger partial charge in [-0.25, -0.2) is 9.97 Å². The monoisotopic (exact) mass is 200 g/mol. The molecule has 0 N–H and O–H groups in total. The Bertz CT molecular complexity index is 289. The Morgan fingerprint density at radius 1 is 1.46 bits per heavy atom. The molecule has 72 valence electrons. The number of hydrogen-bond acceptors (Lipinski definition) is 3. The normalized spacial score (nSPS) is 10.5. The van der Waals surface area contributed by atoms with E-state index >= 15 is 0 Å². The van der Waals surface area contributed by atoms with Gasteiger partial charge in [-0.1, -0.05) is 18.5 Å². The summed E-state index contributed by atoms with van der Waals surface area (Å²) in [6.45, 7) is 5.91. The Hall–Kier alpha value is -0.830. The van der Waals surface area contributed by atoms with Crippen molar-refractivity contribution < 1.29 is 4.74 Å². The maximum absolute atomic E-state index is 5.88. The van der Waals surface area contributed by atoms with Crippen LogP contribution in [0.1, 0.15) is 26.3 Å². The van der Waals surface area contributed by atoms with Crippen molar-refractivity contribution in [1.82, 2.24) is 9.97 Å². The molecule has 0 aliphatic rings. The zero-order valence-electron chi connectivity index (χ0n) is 8.04. The van der Waals surface area contributed by atoms with Crippen molar-refractivity contribution in [2.45, 2.75) is 33.3 Å². The fraction of sp³-hybridized carbons (Fsp3) is 0.556. The molecule has 0 amide bonds. The van der Waals surface area contributed by atoms with E-state index < -0.39 is 0 Å². The Morgan fingerprint density at radius 2 is 2.15 bits per heavy atom. The Labute approximate surface area is 83.1 Å². The molecule has 3 nitrogen and oxygen atoms in total. The third kappa shape index (κ3) is 2.56. The summed E-state index contributed by atoms with van der Waals surface area (Å²) in [5.41, 5.74) is 0.873. The minimum absolute atomic E-state index is 0.108. The van der Waals surface area contributed by atoms with E-state index in [1.165, 1.54) is 6.33 Å². The molecule has 13 heavy (non-hydrogen) atoms. The number of rotatable bonds is 3. The maximum atomic E-state index is 5.88. The van der Waals surface area contributed by atoms with Crippen LogP contribution in [0.4, 0.5) is 0 Å². The van der Waals surface area contributed by atoms with Gasteiger partial charge in [0.25, 0.3) is 0 Å². The molecule has 0 aromatic carbocycles. The van der Waals surface area contributed by atoms with Gasteiger partial charge in [0.1, 0.15) is 11.5 Å². The predicted molar refractivity (Wildman–Crippen MR) is 52.2 cm³/mol. The Morgan fingerprint density at radius 3 is 2.69 bits per heavy atom. The van der Waals surface area contributed by atoms with Gasteiger partial charge in [-0.15, -0.1) is 0 Å². The summed E-state index contributed by atoms with van der Waals surface area (Å²) < 4.78 is 5.48. The topological polar surface area (TPSA) is 35.0 Å². The summed E-state index contributed by atoms with van der Waals surface area (Å²) in [6, 6.07) is 0. The van der Waals surface area contributed by atoms with E-state index in [1.807, 2.05) is 20.8 Å². The van der Waals surface area contributed by atoms with Crippen LogP contribution in [0.5, 0.6) is 5.88 Å². The number of aromatic nitrogens is 2. The van der Waals surface area contributed by atoms with Crippen LogP contribution >= 0.6 is 11.6 Å². The van der Waals surface area contributed by atoms with Crippen molar-refractivity contribution >= 4 is 11.6 Å². The van der Waals surface area contributed by atoms with Crippen LogP contribution in [-0.4, -0.2) is 16.1 Å². The molecule has 1 aromatic heterocycles. The molecule has 0 aliphatic heterocycles. The summed E-state index contributed by atoms with van der Waals surface area (Å²) in [5.74, 6) is 0.595. The largest absolute Gasteiger partial charge is 0.475 e. The van der Waals surface area contributed by atoms with E-state index in [-0.39, 0.29) is 6.10 Å². The molecule has 0 fully saturated rings. The number of hydrogen-bond donors (Lipinski definition) is 0. The molecule has 0 atom stereocenters. The lowest BCUT2D eigenvalue weighted by Crippen LogP contribution is -2.09. The molecule has 1 heterocycles. The second kappa shape index (κ2) is 4.42. The first-order valence-electron chi connectivity index (χ1n) is 4.31. The molecule has 0 bridgehead atoms. The lowest BCUT2D eigenvalue weighted by Gasteiger charge is -2.11. The van der Waals surface area contributed by atoms with Gasteiger partial charge in [-0.05, 0) is 20.3 Å². The van der Waals surface area contributed by atoms with Crippen LogP contribution < -0.4 is 4.74 Å². The smallest absolute Gasteiger partial charge is 0.221 e. The number of halogens is 1. The van der Waals surface area contributed by atoms with Crippen molar-refractivity contribution in [2.24, 2.45) is 0 Å². The van der Waals surface area contributed by atoms with Crippen molar-refractivity contribution in [3.63, 3.8) is 0 Å². The minimum atomic E-state index is 0.108. The molecule has 0 unspecified atom stereocenters. The second-order valence-corrected chi connectivity index (χ2v) is 3.33. The predicted octanol–water partition coefficient (Wildman–Crippen LogP) is 2.48. The third-order valence-corrected chi connectivity index (χ3v) is 1.88. The van der Waals surface area contributed by atoms with E-state index in [2.05, 4.69) is 9.97 Å². The molecule has 1 aromatic rings. The zero-order valence-corrected chi connectivity index (χ0v) is 8.80. The lowest BCUT2D eigenvalue weighted by molar-refractivity contribution is 0.229. The summed E-state index contributed by atoms with van der Waals surface area (Å²) in [5, 5.41) is 0.480. The van der Waals surface area contributed by atoms with Gasteiger partial charge in [-0.3, -0.25) is 0 Å². The van der Waals surface area contributed by atoms with Crippen LogP contribution in [0.3, 0.4) is 0 Å². The maximum Gasteiger partial charge on any atom is 0.221 e. The van der Waals surface area contributed by atoms with Crippen LogP contribution in [0.2, 0.25) is 5.15 Å². The van der Waals surface area contributed by atoms with Gasteiger partial charge < -0.3 is 4.74 Å². The van der Waals surface area contributed by atoms with Crippen molar-refractivity contribution in [3.05, 3.63) is 17.0 Å². The fourth-order valence-corrected chi connectivity index (χ4v) is 1.26. The van der Waals surface area contributed by atoms with Gasteiger partial charge in [0.2, 0.25) is 5.88 Å². The first-order chi connectivity index (χ1) is 6.15. The van der Waals surface area contributed by atoms with Gasteiger partial charge in [-0.2, -0.15) is 0 Å². The highest BCUT2D eigenvalue weighted by molar-refractivity contribution is 6.30. The van der Waals surface area contributed by atoms with E-state index in [1.54, 1.807) is 0 Å². The summed E-state index contributed by atoms with van der Waals surface area (Å²) >= 11 is 5.88. The number of ether oxygens (including phenoxy) is 1. The standard InChI is InChI=1S/C9H13ClN2O/c1-4-7-8(10)11-5-12-9(7)13-6(2)3/h5-6H,4H2,1-3H3. The Balaban J connectivity index is 2.98. The van der Waals surface area contributed by atoms with Crippen LogP contribution in [-0.2, 0) is 6.42 Å². The van der Waals surface area contributed by atoms with Gasteiger partial charge in [0.05, 0.1) is 11.7 Å². The Kier molecular flexibility index (Phi) is 3.48. The molecule has 0 radical (unpaired) electrons. The van der Waals surface area contributed by atoms with Gasteiger partial charge >= 0.3 is 0 Å². The van der Waals surface area contributed by atoms with E-state index in [9.17, 15) is 0 Å². The minimum Gasteiger partial charge on any atom is -0.475 e. The molecular formula is C9H13ClN2O. The van der Waals surface area contributed by atoms with Crippen LogP contribution in [0.15, 0.2) is 6.33 Å². The van der Waals surface area contributed by atoms with Crippen LogP contribution in [0, 0.1) is 0 Å². The highest BCUT2D eigenvalue weighted by Gasteiger charge is 2.09. The van der Waals surface area contributed by atoms with Gasteiger partial charge in [0.15, 0.2) is 0 Å². The average molecular weight is 201 g/mol. The second-order valence-electron chi connectivity index (χ2n) is 2.97. The highest BCUT2D eigenvalue weighted by atomic mass is 35.5. The summed E-state index contributed by atoms with van der Waals surface area (Å²) in [7, 11) is 0. The molecule has 0 saturated carbocycles. The highest BCUT2D eigenvalue weighted by Crippen LogP contribution is 2.22. The fourth-order valence-electron chi connectivity index (χ4n) is 0.998. The molecule has 0 saturated heterocycles. The zero-order chi connectivity index (χ0) is 9.84. The summed E-state index contributed by atoms with van der Waals surface area (Å²) in [6.07, 6.45) is 2.30. The average Bonchev–Trinajstić information content (AvgIpc) is 2.03. The molecule has 0 spiro atoms. The van der Waals surface area contributed by atoms with E-state index in [0.29, 0.717) is 11.0 Å². The molecule has 4 heteroatoms. The molecular weight excluding hydrogens is 188 g/mol.